The lowest BCUT2D eigenvalue weighted by Gasteiger charge is -2.22. The largest absolute Gasteiger partial charge is 0.342 e. The average Bonchev–Trinajstić information content (AvgIpc) is 2.98. The molecule has 1 fully saturated rings. The maximum absolute atomic E-state index is 12.5. The van der Waals surface area contributed by atoms with Crippen molar-refractivity contribution in [3.63, 3.8) is 0 Å². The van der Waals surface area contributed by atoms with Crippen LogP contribution in [0.25, 0.3) is 0 Å². The Balaban J connectivity index is 2.00. The Bertz CT molecular complexity index is 442. The maximum Gasteiger partial charge on any atom is 0.263 e. The Morgan fingerprint density at radius 1 is 1.20 bits per heavy atom. The third kappa shape index (κ3) is 3.54. The molecular weight excluding hydrogens is 262 g/mol. The number of nitrogens with two attached hydrogens (primary N) is 1. The molecule has 0 bridgehead atoms. The van der Waals surface area contributed by atoms with Crippen molar-refractivity contribution in [2.24, 2.45) is 11.7 Å². The van der Waals surface area contributed by atoms with E-state index >= 15 is 0 Å². The van der Waals surface area contributed by atoms with Crippen LogP contribution in [-0.4, -0.2) is 30.4 Å². The molecule has 3 nitrogen and oxygen atoms in total. The number of halogens is 2. The molecule has 1 aromatic carbocycles. The number of nitrogens with zero attached hydrogens (tertiary/aromatic N) is 1. The summed E-state index contributed by atoms with van der Waals surface area (Å²) >= 11 is 0. The molecule has 5 heteroatoms. The first-order valence-corrected chi connectivity index (χ1v) is 6.97. The van der Waals surface area contributed by atoms with Crippen LogP contribution in [0.1, 0.15) is 30.4 Å². The molecular formula is C15H20F2N2O. The van der Waals surface area contributed by atoms with Gasteiger partial charge in [-0.2, -0.15) is 0 Å². The normalized spacial score (nSPS) is 16.7. The summed E-state index contributed by atoms with van der Waals surface area (Å²) in [5, 5.41) is 0. The molecule has 1 heterocycles. The molecule has 0 saturated carbocycles. The standard InChI is InChI=1S/C15H20F2N2O/c16-14(17)12-5-3-11(4-6-12)9-13(10-18)15(20)19-7-1-2-8-19/h3-6,13-14H,1-2,7-10,18H2. The Kier molecular flexibility index (Phi) is 5.06. The fourth-order valence-electron chi connectivity index (χ4n) is 2.55. The van der Waals surface area contributed by atoms with Crippen LogP contribution in [0.15, 0.2) is 24.3 Å². The minimum Gasteiger partial charge on any atom is -0.342 e. The van der Waals surface area contributed by atoms with Crippen LogP contribution in [0, 0.1) is 5.92 Å². The fraction of sp³-hybridized carbons (Fsp3) is 0.533. The number of carbonyl (C=O) groups is 1. The summed E-state index contributed by atoms with van der Waals surface area (Å²) in [7, 11) is 0. The summed E-state index contributed by atoms with van der Waals surface area (Å²) in [6.07, 6.45) is 0.147. The van der Waals surface area contributed by atoms with Crippen molar-refractivity contribution in [1.82, 2.24) is 4.90 Å². The topological polar surface area (TPSA) is 46.3 Å². The van der Waals surface area contributed by atoms with Crippen LogP contribution in [0.4, 0.5) is 8.78 Å². The molecule has 1 aliphatic rings. The molecule has 1 unspecified atom stereocenters. The Morgan fingerprint density at radius 3 is 2.30 bits per heavy atom. The van der Waals surface area contributed by atoms with Gasteiger partial charge in [0.05, 0.1) is 5.92 Å². The summed E-state index contributed by atoms with van der Waals surface area (Å²) in [6, 6.07) is 6.13. The van der Waals surface area contributed by atoms with Crippen LogP contribution >= 0.6 is 0 Å². The molecule has 0 aliphatic carbocycles. The average molecular weight is 282 g/mol. The van der Waals surface area contributed by atoms with E-state index < -0.39 is 6.43 Å². The highest BCUT2D eigenvalue weighted by Crippen LogP contribution is 2.20. The number of amides is 1. The second kappa shape index (κ2) is 6.79. The molecule has 0 radical (unpaired) electrons. The highest BCUT2D eigenvalue weighted by molar-refractivity contribution is 5.79. The number of benzene rings is 1. The summed E-state index contributed by atoms with van der Waals surface area (Å²) in [5.41, 5.74) is 6.58. The van der Waals surface area contributed by atoms with Gasteiger partial charge in [-0.25, -0.2) is 8.78 Å². The maximum atomic E-state index is 12.5. The molecule has 1 atom stereocenters. The molecule has 1 amide bonds. The number of rotatable bonds is 5. The van der Waals surface area contributed by atoms with Crippen LogP contribution < -0.4 is 5.73 Å². The van der Waals surface area contributed by atoms with Gasteiger partial charge in [-0.05, 0) is 24.8 Å². The van der Waals surface area contributed by atoms with E-state index in [2.05, 4.69) is 0 Å². The smallest absolute Gasteiger partial charge is 0.263 e. The second-order valence-corrected chi connectivity index (χ2v) is 5.21. The zero-order valence-electron chi connectivity index (χ0n) is 11.4. The predicted molar refractivity (Wildman–Crippen MR) is 73.5 cm³/mol. The van der Waals surface area contributed by atoms with E-state index in [1.54, 1.807) is 12.1 Å². The van der Waals surface area contributed by atoms with Crippen LogP contribution in [0.3, 0.4) is 0 Å². The van der Waals surface area contributed by atoms with Gasteiger partial charge in [0.25, 0.3) is 6.43 Å². The van der Waals surface area contributed by atoms with Crippen LogP contribution in [0.2, 0.25) is 0 Å². The van der Waals surface area contributed by atoms with E-state index in [-0.39, 0.29) is 23.9 Å². The lowest BCUT2D eigenvalue weighted by molar-refractivity contribution is -0.134. The van der Waals surface area contributed by atoms with Gasteiger partial charge in [0.15, 0.2) is 0 Å². The first-order chi connectivity index (χ1) is 9.61. The number of alkyl halides is 2. The summed E-state index contributed by atoms with van der Waals surface area (Å²) in [4.78, 5) is 14.1. The van der Waals surface area contributed by atoms with E-state index in [1.165, 1.54) is 12.1 Å². The molecule has 1 saturated heterocycles. The summed E-state index contributed by atoms with van der Waals surface area (Å²) in [6.45, 7) is 1.89. The molecule has 0 aromatic heterocycles. The molecule has 1 aliphatic heterocycles. The van der Waals surface area contributed by atoms with Crippen molar-refractivity contribution in [2.45, 2.75) is 25.7 Å². The molecule has 20 heavy (non-hydrogen) atoms. The fourth-order valence-corrected chi connectivity index (χ4v) is 2.55. The molecule has 2 N–H and O–H groups in total. The molecule has 1 aromatic rings. The quantitative estimate of drug-likeness (QED) is 0.901. The van der Waals surface area contributed by atoms with Crippen molar-refractivity contribution >= 4 is 5.91 Å². The van der Waals surface area contributed by atoms with Crippen molar-refractivity contribution in [3.05, 3.63) is 35.4 Å². The van der Waals surface area contributed by atoms with Crippen molar-refractivity contribution in [1.29, 1.82) is 0 Å². The minimum absolute atomic E-state index is 0.00363. The Hall–Kier alpha value is -1.49. The number of hydrogen-bond donors (Lipinski definition) is 1. The predicted octanol–water partition coefficient (Wildman–Crippen LogP) is 2.36. The van der Waals surface area contributed by atoms with Crippen LogP contribution in [-0.2, 0) is 11.2 Å². The van der Waals surface area contributed by atoms with Gasteiger partial charge in [0.1, 0.15) is 0 Å². The Morgan fingerprint density at radius 2 is 1.80 bits per heavy atom. The molecule has 110 valence electrons. The van der Waals surface area contributed by atoms with Crippen LogP contribution in [0.5, 0.6) is 0 Å². The van der Waals surface area contributed by atoms with Gasteiger partial charge in [0.2, 0.25) is 5.91 Å². The monoisotopic (exact) mass is 282 g/mol. The van der Waals surface area contributed by atoms with E-state index in [4.69, 9.17) is 5.73 Å². The van der Waals surface area contributed by atoms with Gasteiger partial charge in [0, 0.05) is 25.2 Å². The SMILES string of the molecule is NCC(Cc1ccc(C(F)F)cc1)C(=O)N1CCCC1. The zero-order chi connectivity index (χ0) is 14.5. The highest BCUT2D eigenvalue weighted by Gasteiger charge is 2.25. The van der Waals surface area contributed by atoms with Gasteiger partial charge in [-0.1, -0.05) is 24.3 Å². The zero-order valence-corrected chi connectivity index (χ0v) is 11.4. The van der Waals surface area contributed by atoms with E-state index in [9.17, 15) is 13.6 Å². The van der Waals surface area contributed by atoms with Gasteiger partial charge < -0.3 is 10.6 Å². The third-order valence-electron chi connectivity index (χ3n) is 3.77. The van der Waals surface area contributed by atoms with E-state index in [0.29, 0.717) is 6.42 Å². The first-order valence-electron chi connectivity index (χ1n) is 6.97. The van der Waals surface area contributed by atoms with Gasteiger partial charge in [-0.3, -0.25) is 4.79 Å². The highest BCUT2D eigenvalue weighted by atomic mass is 19.3. The molecule has 0 spiro atoms. The lowest BCUT2D eigenvalue weighted by atomic mass is 9.97. The lowest BCUT2D eigenvalue weighted by Crippen LogP contribution is -2.38. The summed E-state index contributed by atoms with van der Waals surface area (Å²) < 4.78 is 25.0. The van der Waals surface area contributed by atoms with Gasteiger partial charge >= 0.3 is 0 Å². The van der Waals surface area contributed by atoms with Crippen molar-refractivity contribution in [2.75, 3.05) is 19.6 Å². The number of likely N-dealkylation sites (tertiary alicyclic amines) is 1. The second-order valence-electron chi connectivity index (χ2n) is 5.21. The third-order valence-corrected chi connectivity index (χ3v) is 3.77. The van der Waals surface area contributed by atoms with Gasteiger partial charge in [-0.15, -0.1) is 0 Å². The van der Waals surface area contributed by atoms with Crippen molar-refractivity contribution < 1.29 is 13.6 Å². The van der Waals surface area contributed by atoms with E-state index in [0.717, 1.165) is 31.5 Å². The molecule has 2 rings (SSSR count). The summed E-state index contributed by atoms with van der Waals surface area (Å²) in [5.74, 6) is -0.173. The number of hydrogen-bond acceptors (Lipinski definition) is 2. The first kappa shape index (κ1) is 14.9. The van der Waals surface area contributed by atoms with Crippen molar-refractivity contribution in [3.8, 4) is 0 Å². The van der Waals surface area contributed by atoms with E-state index in [1.807, 2.05) is 4.90 Å². The minimum atomic E-state index is -2.46. The Labute approximate surface area is 117 Å². The number of carbonyl (C=O) groups excluding carboxylic acids is 1.